The molecule has 2 aromatic carbocycles. The first-order valence-electron chi connectivity index (χ1n) is 9.57. The monoisotopic (exact) mass is 538 g/mol. The molecule has 158 valence electrons. The molecule has 1 amide bonds. The van der Waals surface area contributed by atoms with E-state index in [1.807, 2.05) is 49.4 Å². The minimum atomic E-state index is -0.187. The number of thioether (sulfide) groups is 1. The van der Waals surface area contributed by atoms with E-state index in [1.165, 1.54) is 11.8 Å². The van der Waals surface area contributed by atoms with Crippen molar-refractivity contribution >= 4 is 57.2 Å². The van der Waals surface area contributed by atoms with Crippen LogP contribution in [0.2, 0.25) is 0 Å². The van der Waals surface area contributed by atoms with Gasteiger partial charge in [0.25, 0.3) is 5.91 Å². The van der Waals surface area contributed by atoms with Crippen molar-refractivity contribution in [3.63, 3.8) is 0 Å². The number of halogens is 1. The molecule has 1 aliphatic rings. The second kappa shape index (κ2) is 10.7. The van der Waals surface area contributed by atoms with Crippen molar-refractivity contribution in [2.75, 3.05) is 20.3 Å². The molecule has 3 rings (SSSR count). The van der Waals surface area contributed by atoms with Crippen LogP contribution in [0.25, 0.3) is 6.08 Å². The summed E-state index contributed by atoms with van der Waals surface area (Å²) in [5.41, 5.74) is 1.53. The molecule has 1 aliphatic heterocycles. The maximum atomic E-state index is 12.5. The summed E-state index contributed by atoms with van der Waals surface area (Å²) in [6.45, 7) is 5.15. The number of carbonyl (C=O) groups is 1. The van der Waals surface area contributed by atoms with E-state index in [9.17, 15) is 4.79 Å². The van der Waals surface area contributed by atoms with Gasteiger partial charge in [-0.25, -0.2) is 4.99 Å². The summed E-state index contributed by atoms with van der Waals surface area (Å²) in [6, 6.07) is 11.3. The molecular formula is C22H23IN2O4S. The van der Waals surface area contributed by atoms with Crippen LogP contribution in [-0.4, -0.2) is 31.4 Å². The van der Waals surface area contributed by atoms with E-state index >= 15 is 0 Å². The van der Waals surface area contributed by atoms with Crippen molar-refractivity contribution in [3.8, 4) is 17.2 Å². The topological polar surface area (TPSA) is 69.2 Å². The largest absolute Gasteiger partial charge is 0.494 e. The van der Waals surface area contributed by atoms with Crippen molar-refractivity contribution in [3.05, 3.63) is 50.4 Å². The number of nitrogens with one attached hydrogen (secondary N) is 1. The lowest BCUT2D eigenvalue weighted by Crippen LogP contribution is -2.19. The van der Waals surface area contributed by atoms with Crippen LogP contribution in [-0.2, 0) is 4.79 Å². The van der Waals surface area contributed by atoms with E-state index in [2.05, 4.69) is 39.8 Å². The summed E-state index contributed by atoms with van der Waals surface area (Å²) in [5.74, 6) is 1.88. The third-order valence-corrected chi connectivity index (χ3v) is 5.75. The van der Waals surface area contributed by atoms with Crippen molar-refractivity contribution < 1.29 is 19.0 Å². The number of hydrogen-bond donors (Lipinski definition) is 1. The van der Waals surface area contributed by atoms with Crippen LogP contribution in [0.5, 0.6) is 17.2 Å². The minimum Gasteiger partial charge on any atom is -0.494 e. The fraction of sp³-hybridized carbons (Fsp3) is 0.273. The van der Waals surface area contributed by atoms with Crippen molar-refractivity contribution in [2.45, 2.75) is 20.3 Å². The van der Waals surface area contributed by atoms with Gasteiger partial charge in [-0.2, -0.15) is 0 Å². The zero-order valence-electron chi connectivity index (χ0n) is 17.0. The van der Waals surface area contributed by atoms with Crippen LogP contribution in [0.4, 0.5) is 5.69 Å². The van der Waals surface area contributed by atoms with E-state index in [-0.39, 0.29) is 5.91 Å². The van der Waals surface area contributed by atoms with Crippen LogP contribution in [0, 0.1) is 3.57 Å². The molecule has 1 saturated heterocycles. The highest BCUT2D eigenvalue weighted by Gasteiger charge is 2.24. The molecule has 6 nitrogen and oxygen atoms in total. The maximum absolute atomic E-state index is 12.5. The Kier molecular flexibility index (Phi) is 8.03. The van der Waals surface area contributed by atoms with Gasteiger partial charge < -0.3 is 19.5 Å². The van der Waals surface area contributed by atoms with Gasteiger partial charge in [-0.15, -0.1) is 0 Å². The number of amidine groups is 1. The normalized spacial score (nSPS) is 16.1. The maximum Gasteiger partial charge on any atom is 0.264 e. The molecule has 0 aliphatic carbocycles. The number of carbonyl (C=O) groups excluding carboxylic acids is 1. The fourth-order valence-electron chi connectivity index (χ4n) is 2.74. The lowest BCUT2D eigenvalue weighted by atomic mass is 10.2. The van der Waals surface area contributed by atoms with Gasteiger partial charge in [0.1, 0.15) is 11.4 Å². The first kappa shape index (κ1) is 22.5. The van der Waals surface area contributed by atoms with Crippen LogP contribution in [0.3, 0.4) is 0 Å². The van der Waals surface area contributed by atoms with Gasteiger partial charge in [0.2, 0.25) is 0 Å². The molecule has 0 radical (unpaired) electrons. The number of rotatable bonds is 8. The zero-order valence-corrected chi connectivity index (χ0v) is 20.0. The standard InChI is InChI=1S/C22H23IN2O4S/c1-4-10-29-20-15(23)11-14(12-18(20)28-5-2)13-19-21(26)25-22(30-19)24-16-8-6-7-9-17(16)27-3/h6-9,11-13H,4-5,10H2,1-3H3,(H,24,25,26)/b19-13-. The van der Waals surface area contributed by atoms with Gasteiger partial charge in [-0.05, 0) is 83.6 Å². The van der Waals surface area contributed by atoms with E-state index in [4.69, 9.17) is 14.2 Å². The fourth-order valence-corrected chi connectivity index (χ4v) is 4.36. The molecule has 0 spiro atoms. The Morgan fingerprint density at radius 2 is 1.97 bits per heavy atom. The van der Waals surface area contributed by atoms with Gasteiger partial charge >= 0.3 is 0 Å². The van der Waals surface area contributed by atoms with Gasteiger partial charge in [-0.1, -0.05) is 19.1 Å². The molecule has 8 heteroatoms. The molecule has 1 heterocycles. The van der Waals surface area contributed by atoms with E-state index in [1.54, 1.807) is 7.11 Å². The Hall–Kier alpha value is -2.20. The lowest BCUT2D eigenvalue weighted by molar-refractivity contribution is -0.115. The third kappa shape index (κ3) is 5.48. The number of nitrogens with zero attached hydrogens (tertiary/aromatic N) is 1. The number of para-hydroxylation sites is 2. The molecule has 0 saturated carbocycles. The Morgan fingerprint density at radius 1 is 1.17 bits per heavy atom. The Balaban J connectivity index is 1.88. The first-order valence-corrected chi connectivity index (χ1v) is 11.5. The number of amides is 1. The van der Waals surface area contributed by atoms with E-state index < -0.39 is 0 Å². The van der Waals surface area contributed by atoms with Crippen molar-refractivity contribution in [1.29, 1.82) is 0 Å². The molecule has 0 atom stereocenters. The van der Waals surface area contributed by atoms with Crippen LogP contribution >= 0.6 is 34.4 Å². The molecule has 1 N–H and O–H groups in total. The molecule has 0 unspecified atom stereocenters. The average molecular weight is 538 g/mol. The SMILES string of the molecule is CCCOc1c(I)cc(/C=C2\SC(=Nc3ccccc3OC)NC2=O)cc1OCC. The molecular weight excluding hydrogens is 515 g/mol. The lowest BCUT2D eigenvalue weighted by Gasteiger charge is -2.14. The van der Waals surface area contributed by atoms with Crippen LogP contribution in [0.15, 0.2) is 46.3 Å². The quantitative estimate of drug-likeness (QED) is 0.361. The van der Waals surface area contributed by atoms with Gasteiger partial charge in [0.05, 0.1) is 28.8 Å². The highest BCUT2D eigenvalue weighted by Crippen LogP contribution is 2.37. The summed E-state index contributed by atoms with van der Waals surface area (Å²) in [5, 5.41) is 3.32. The molecule has 2 aromatic rings. The highest BCUT2D eigenvalue weighted by atomic mass is 127. The Bertz CT molecular complexity index is 991. The summed E-state index contributed by atoms with van der Waals surface area (Å²) in [6.07, 6.45) is 2.75. The van der Waals surface area contributed by atoms with Gasteiger partial charge in [-0.3, -0.25) is 4.79 Å². The van der Waals surface area contributed by atoms with E-state index in [0.717, 1.165) is 21.3 Å². The van der Waals surface area contributed by atoms with E-state index in [0.29, 0.717) is 40.5 Å². The Labute approximate surface area is 194 Å². The van der Waals surface area contributed by atoms with Crippen LogP contribution in [0.1, 0.15) is 25.8 Å². The average Bonchev–Trinajstić information content (AvgIpc) is 3.06. The molecule has 0 bridgehead atoms. The third-order valence-electron chi connectivity index (χ3n) is 4.04. The second-order valence-corrected chi connectivity index (χ2v) is 8.46. The predicted octanol–water partition coefficient (Wildman–Crippen LogP) is 5.38. The van der Waals surface area contributed by atoms with Crippen molar-refractivity contribution in [1.82, 2.24) is 5.32 Å². The Morgan fingerprint density at radius 3 is 2.70 bits per heavy atom. The molecule has 0 aromatic heterocycles. The number of methoxy groups -OCH3 is 1. The summed E-state index contributed by atoms with van der Waals surface area (Å²) in [4.78, 5) is 17.5. The zero-order chi connectivity index (χ0) is 21.5. The summed E-state index contributed by atoms with van der Waals surface area (Å²) in [7, 11) is 1.59. The minimum absolute atomic E-state index is 0.187. The van der Waals surface area contributed by atoms with Gasteiger partial charge in [0.15, 0.2) is 16.7 Å². The molecule has 30 heavy (non-hydrogen) atoms. The number of ether oxygens (including phenoxy) is 3. The molecule has 1 fully saturated rings. The second-order valence-electron chi connectivity index (χ2n) is 6.27. The predicted molar refractivity (Wildman–Crippen MR) is 130 cm³/mol. The summed E-state index contributed by atoms with van der Waals surface area (Å²) < 4.78 is 17.9. The van der Waals surface area contributed by atoms with Gasteiger partial charge in [0, 0.05) is 0 Å². The highest BCUT2D eigenvalue weighted by molar-refractivity contribution is 14.1. The first-order chi connectivity index (χ1) is 14.5. The van der Waals surface area contributed by atoms with Crippen molar-refractivity contribution in [2.24, 2.45) is 4.99 Å². The number of hydrogen-bond acceptors (Lipinski definition) is 6. The number of aliphatic imine (C=N–C) groups is 1. The van der Waals surface area contributed by atoms with Crippen LogP contribution < -0.4 is 19.5 Å². The summed E-state index contributed by atoms with van der Waals surface area (Å²) >= 11 is 3.52. The smallest absolute Gasteiger partial charge is 0.264 e. The number of benzene rings is 2.